The van der Waals surface area contributed by atoms with Crippen molar-refractivity contribution in [3.8, 4) is 11.1 Å². The van der Waals surface area contributed by atoms with E-state index in [1.165, 1.54) is 0 Å². The summed E-state index contributed by atoms with van der Waals surface area (Å²) in [6, 6.07) is 24.8. The van der Waals surface area contributed by atoms with Crippen molar-refractivity contribution in [3.05, 3.63) is 96.1 Å². The van der Waals surface area contributed by atoms with Gasteiger partial charge in [0.25, 0.3) is 0 Å². The quantitative estimate of drug-likeness (QED) is 0.285. The van der Waals surface area contributed by atoms with Gasteiger partial charge < -0.3 is 21.5 Å². The van der Waals surface area contributed by atoms with Crippen LogP contribution in [-0.4, -0.2) is 40.9 Å². The first-order chi connectivity index (χ1) is 17.8. The molecule has 0 aliphatic rings. The van der Waals surface area contributed by atoms with Gasteiger partial charge in [0.1, 0.15) is 12.1 Å². The lowest BCUT2D eigenvalue weighted by Gasteiger charge is -2.22. The second-order valence-electron chi connectivity index (χ2n) is 8.77. The molecule has 0 spiro atoms. The Balaban J connectivity index is 1.59. The molecule has 2 atom stereocenters. The molecule has 0 aliphatic carbocycles. The molecule has 0 saturated heterocycles. The SMILES string of the molecule is NC(=O)[C@H](Cc1ccccc1)NC(=O)C(CCC(=O)O)NC(=O)CCc1ccc(-c2ccccc2)cc1. The third-order valence-electron chi connectivity index (χ3n) is 5.94. The zero-order valence-corrected chi connectivity index (χ0v) is 20.4. The van der Waals surface area contributed by atoms with E-state index in [2.05, 4.69) is 10.6 Å². The molecule has 3 aromatic carbocycles. The molecule has 1 unspecified atom stereocenters. The highest BCUT2D eigenvalue weighted by atomic mass is 16.4. The number of aryl methyl sites for hydroxylation is 1. The maximum Gasteiger partial charge on any atom is 0.303 e. The van der Waals surface area contributed by atoms with Crippen LogP contribution in [-0.2, 0) is 32.0 Å². The number of primary amides is 1. The van der Waals surface area contributed by atoms with Crippen molar-refractivity contribution in [3.63, 3.8) is 0 Å². The smallest absolute Gasteiger partial charge is 0.303 e. The van der Waals surface area contributed by atoms with E-state index in [9.17, 15) is 19.2 Å². The van der Waals surface area contributed by atoms with Crippen LogP contribution in [0.5, 0.6) is 0 Å². The molecule has 0 bridgehead atoms. The second-order valence-corrected chi connectivity index (χ2v) is 8.77. The zero-order chi connectivity index (χ0) is 26.6. The Bertz CT molecular complexity index is 1200. The number of carboxylic acid groups (broad SMARTS) is 1. The molecule has 0 aliphatic heterocycles. The number of carbonyl (C=O) groups excluding carboxylic acids is 3. The predicted octanol–water partition coefficient (Wildman–Crippen LogP) is 2.85. The standard InChI is InChI=1S/C29H31N3O5/c30-28(36)25(19-21-7-3-1-4-8-21)32-29(37)24(16-18-27(34)35)31-26(33)17-13-20-11-14-23(15-12-20)22-9-5-2-6-10-22/h1-12,14-15,24-25H,13,16-19H2,(H2,30,36)(H,31,33)(H,32,37)(H,34,35)/t24?,25-/m0/s1. The van der Waals surface area contributed by atoms with Gasteiger partial charge in [0.05, 0.1) is 0 Å². The molecule has 0 heterocycles. The number of amides is 3. The summed E-state index contributed by atoms with van der Waals surface area (Å²) in [7, 11) is 0. The maximum atomic E-state index is 12.9. The van der Waals surface area contributed by atoms with Crippen molar-refractivity contribution in [2.24, 2.45) is 5.73 Å². The summed E-state index contributed by atoms with van der Waals surface area (Å²) >= 11 is 0. The average Bonchev–Trinajstić information content (AvgIpc) is 2.90. The molecule has 0 fully saturated rings. The monoisotopic (exact) mass is 501 g/mol. The van der Waals surface area contributed by atoms with Crippen LogP contribution < -0.4 is 16.4 Å². The average molecular weight is 502 g/mol. The minimum absolute atomic E-state index is 0.116. The van der Waals surface area contributed by atoms with Crippen LogP contribution in [0.3, 0.4) is 0 Å². The largest absolute Gasteiger partial charge is 0.481 e. The molecule has 3 amide bonds. The Morgan fingerprint density at radius 1 is 0.703 bits per heavy atom. The van der Waals surface area contributed by atoms with Crippen molar-refractivity contribution in [2.75, 3.05) is 0 Å². The van der Waals surface area contributed by atoms with Crippen molar-refractivity contribution in [1.82, 2.24) is 10.6 Å². The van der Waals surface area contributed by atoms with Crippen LogP contribution in [0.15, 0.2) is 84.9 Å². The fourth-order valence-electron chi connectivity index (χ4n) is 3.90. The van der Waals surface area contributed by atoms with Gasteiger partial charge in [0, 0.05) is 19.3 Å². The number of carboxylic acids is 1. The predicted molar refractivity (Wildman–Crippen MR) is 140 cm³/mol. The molecule has 192 valence electrons. The summed E-state index contributed by atoms with van der Waals surface area (Å²) in [6.07, 6.45) is 0.312. The first kappa shape index (κ1) is 27.1. The zero-order valence-electron chi connectivity index (χ0n) is 20.4. The van der Waals surface area contributed by atoms with E-state index >= 15 is 0 Å². The van der Waals surface area contributed by atoms with Gasteiger partial charge >= 0.3 is 5.97 Å². The van der Waals surface area contributed by atoms with E-state index in [0.717, 1.165) is 22.3 Å². The van der Waals surface area contributed by atoms with Crippen molar-refractivity contribution in [1.29, 1.82) is 0 Å². The van der Waals surface area contributed by atoms with Gasteiger partial charge in [-0.05, 0) is 35.1 Å². The van der Waals surface area contributed by atoms with Gasteiger partial charge in [-0.1, -0.05) is 84.9 Å². The first-order valence-electron chi connectivity index (χ1n) is 12.1. The second kappa shape index (κ2) is 13.6. The van der Waals surface area contributed by atoms with E-state index < -0.39 is 35.8 Å². The normalized spacial score (nSPS) is 12.2. The summed E-state index contributed by atoms with van der Waals surface area (Å²) < 4.78 is 0. The van der Waals surface area contributed by atoms with Gasteiger partial charge in [-0.2, -0.15) is 0 Å². The minimum Gasteiger partial charge on any atom is -0.481 e. The maximum absolute atomic E-state index is 12.9. The number of benzene rings is 3. The molecule has 5 N–H and O–H groups in total. The summed E-state index contributed by atoms with van der Waals surface area (Å²) in [5, 5.41) is 14.3. The highest BCUT2D eigenvalue weighted by Crippen LogP contribution is 2.19. The lowest BCUT2D eigenvalue weighted by Crippen LogP contribution is -2.53. The molecule has 3 aromatic rings. The van der Waals surface area contributed by atoms with E-state index in [0.29, 0.717) is 6.42 Å². The minimum atomic E-state index is -1.11. The summed E-state index contributed by atoms with van der Waals surface area (Å²) in [5.41, 5.74) is 9.41. The van der Waals surface area contributed by atoms with Gasteiger partial charge in [-0.15, -0.1) is 0 Å². The van der Waals surface area contributed by atoms with Crippen LogP contribution in [0.2, 0.25) is 0 Å². The molecular weight excluding hydrogens is 470 g/mol. The van der Waals surface area contributed by atoms with Gasteiger partial charge in [0.15, 0.2) is 0 Å². The lowest BCUT2D eigenvalue weighted by atomic mass is 10.0. The molecule has 37 heavy (non-hydrogen) atoms. The van der Waals surface area contributed by atoms with E-state index in [1.807, 2.05) is 60.7 Å². The molecule has 8 heteroatoms. The number of rotatable bonds is 13. The molecule has 0 radical (unpaired) electrons. The van der Waals surface area contributed by atoms with Crippen LogP contribution in [0, 0.1) is 0 Å². The van der Waals surface area contributed by atoms with Gasteiger partial charge in [0.2, 0.25) is 17.7 Å². The van der Waals surface area contributed by atoms with E-state index in [-0.39, 0.29) is 25.7 Å². The number of nitrogens with two attached hydrogens (primary N) is 1. The fraction of sp³-hybridized carbons (Fsp3) is 0.241. The lowest BCUT2D eigenvalue weighted by molar-refractivity contribution is -0.138. The van der Waals surface area contributed by atoms with Gasteiger partial charge in [-0.25, -0.2) is 0 Å². The molecule has 0 saturated carbocycles. The van der Waals surface area contributed by atoms with Crippen LogP contribution in [0.1, 0.15) is 30.4 Å². The number of nitrogens with one attached hydrogen (secondary N) is 2. The van der Waals surface area contributed by atoms with Crippen molar-refractivity contribution < 1.29 is 24.3 Å². The Morgan fingerprint density at radius 3 is 1.89 bits per heavy atom. The van der Waals surface area contributed by atoms with E-state index in [1.54, 1.807) is 24.3 Å². The number of hydrogen-bond donors (Lipinski definition) is 4. The van der Waals surface area contributed by atoms with Crippen LogP contribution >= 0.6 is 0 Å². The topological polar surface area (TPSA) is 139 Å². The van der Waals surface area contributed by atoms with Gasteiger partial charge in [-0.3, -0.25) is 19.2 Å². The Kier molecular flexibility index (Phi) is 9.96. The Labute approximate surface area is 215 Å². The van der Waals surface area contributed by atoms with E-state index in [4.69, 9.17) is 10.8 Å². The third-order valence-corrected chi connectivity index (χ3v) is 5.94. The van der Waals surface area contributed by atoms with Crippen LogP contribution in [0.4, 0.5) is 0 Å². The Morgan fingerprint density at radius 2 is 1.30 bits per heavy atom. The Hall–Kier alpha value is -4.46. The number of carbonyl (C=O) groups is 4. The summed E-state index contributed by atoms with van der Waals surface area (Å²) in [4.78, 5) is 48.6. The highest BCUT2D eigenvalue weighted by Gasteiger charge is 2.26. The fourth-order valence-corrected chi connectivity index (χ4v) is 3.90. The van der Waals surface area contributed by atoms with Crippen LogP contribution in [0.25, 0.3) is 11.1 Å². The first-order valence-corrected chi connectivity index (χ1v) is 12.1. The molecule has 3 rings (SSSR count). The molecule has 0 aromatic heterocycles. The third kappa shape index (κ3) is 8.92. The van der Waals surface area contributed by atoms with Crippen molar-refractivity contribution >= 4 is 23.7 Å². The number of aliphatic carboxylic acids is 1. The number of hydrogen-bond acceptors (Lipinski definition) is 4. The van der Waals surface area contributed by atoms with Crippen molar-refractivity contribution in [2.45, 2.75) is 44.2 Å². The molecular formula is C29H31N3O5. The molecule has 8 nitrogen and oxygen atoms in total. The summed E-state index contributed by atoms with van der Waals surface area (Å²) in [6.45, 7) is 0. The summed E-state index contributed by atoms with van der Waals surface area (Å²) in [5.74, 6) is -2.86. The highest BCUT2D eigenvalue weighted by molar-refractivity contribution is 5.92.